The van der Waals surface area contributed by atoms with Crippen molar-refractivity contribution in [3.8, 4) is 0 Å². The molecule has 1 aromatic rings. The van der Waals surface area contributed by atoms with Crippen molar-refractivity contribution in [2.75, 3.05) is 18.7 Å². The molecule has 114 valence electrons. The van der Waals surface area contributed by atoms with Gasteiger partial charge in [-0.05, 0) is 30.4 Å². The van der Waals surface area contributed by atoms with Gasteiger partial charge in [0.2, 0.25) is 5.91 Å². The van der Waals surface area contributed by atoms with E-state index < -0.39 is 6.09 Å². The minimum atomic E-state index is -0.587. The number of amides is 2. The number of methoxy groups -OCH3 is 1. The molecule has 0 fully saturated rings. The van der Waals surface area contributed by atoms with Gasteiger partial charge in [0.05, 0.1) is 18.5 Å². The van der Waals surface area contributed by atoms with Crippen LogP contribution in [-0.4, -0.2) is 30.5 Å². The highest BCUT2D eigenvalue weighted by atomic mass is 32.2. The lowest BCUT2D eigenvalue weighted by atomic mass is 10.1. The predicted octanol–water partition coefficient (Wildman–Crippen LogP) is 2.91. The average molecular weight is 309 g/mol. The van der Waals surface area contributed by atoms with E-state index in [4.69, 9.17) is 0 Å². The number of hydrogen-bond acceptors (Lipinski definition) is 5. The Kier molecular flexibility index (Phi) is 6.74. The summed E-state index contributed by atoms with van der Waals surface area (Å²) in [5.41, 5.74) is 2.27. The number of aryl methyl sites for hydroxylation is 1. The minimum Gasteiger partial charge on any atom is -0.453 e. The van der Waals surface area contributed by atoms with E-state index in [2.05, 4.69) is 20.4 Å². The highest BCUT2D eigenvalue weighted by molar-refractivity contribution is 8.13. The van der Waals surface area contributed by atoms with E-state index in [1.165, 1.54) is 25.8 Å². The monoisotopic (exact) mass is 309 g/mol. The molecule has 0 aromatic heterocycles. The number of hydrogen-bond donors (Lipinski definition) is 2. The summed E-state index contributed by atoms with van der Waals surface area (Å²) in [5.74, 6) is -0.178. The summed E-state index contributed by atoms with van der Waals surface area (Å²) in [6, 6.07) is 5.60. The molecule has 7 heteroatoms. The minimum absolute atomic E-state index is 0.178. The summed E-state index contributed by atoms with van der Waals surface area (Å²) in [6.07, 6.45) is 2.05. The number of nitrogens with zero attached hydrogens (tertiary/aromatic N) is 1. The first kappa shape index (κ1) is 17.0. The van der Waals surface area contributed by atoms with Crippen LogP contribution >= 0.6 is 11.8 Å². The van der Waals surface area contributed by atoms with Crippen LogP contribution < -0.4 is 10.6 Å². The van der Waals surface area contributed by atoms with Gasteiger partial charge in [-0.1, -0.05) is 24.8 Å². The summed E-state index contributed by atoms with van der Waals surface area (Å²) >= 11 is 1.27. The number of amidine groups is 1. The summed E-state index contributed by atoms with van der Waals surface area (Å²) in [6.45, 7) is 3.46. The molecule has 0 heterocycles. The van der Waals surface area contributed by atoms with Crippen molar-refractivity contribution >= 4 is 40.3 Å². The zero-order chi connectivity index (χ0) is 15.8. The number of aliphatic imine (C=N–C) groups is 1. The third-order valence-electron chi connectivity index (χ3n) is 2.59. The van der Waals surface area contributed by atoms with Gasteiger partial charge in [-0.3, -0.25) is 10.1 Å². The number of benzene rings is 1. The fourth-order valence-corrected chi connectivity index (χ4v) is 1.93. The topological polar surface area (TPSA) is 79.8 Å². The quantitative estimate of drug-likeness (QED) is 0.664. The first-order valence-electron chi connectivity index (χ1n) is 6.38. The van der Waals surface area contributed by atoms with Crippen molar-refractivity contribution < 1.29 is 14.3 Å². The number of thioether (sulfide) groups is 1. The number of carbonyl (C=O) groups excluding carboxylic acids is 2. The molecule has 0 bridgehead atoms. The molecule has 1 rings (SSSR count). The zero-order valence-corrected chi connectivity index (χ0v) is 13.3. The van der Waals surface area contributed by atoms with Crippen LogP contribution in [0.15, 0.2) is 23.2 Å². The van der Waals surface area contributed by atoms with Crippen LogP contribution in [0.1, 0.15) is 19.4 Å². The predicted molar refractivity (Wildman–Crippen MR) is 86.3 cm³/mol. The molecule has 0 unspecified atom stereocenters. The molecule has 21 heavy (non-hydrogen) atoms. The van der Waals surface area contributed by atoms with Crippen molar-refractivity contribution in [1.82, 2.24) is 5.32 Å². The Morgan fingerprint density at radius 1 is 1.38 bits per heavy atom. The van der Waals surface area contributed by atoms with E-state index in [0.717, 1.165) is 12.0 Å². The van der Waals surface area contributed by atoms with Gasteiger partial charge in [0.1, 0.15) is 0 Å². The lowest BCUT2D eigenvalue weighted by Crippen LogP contribution is -2.27. The number of carbonyl (C=O) groups is 2. The van der Waals surface area contributed by atoms with Crippen molar-refractivity contribution in [2.45, 2.75) is 20.3 Å². The van der Waals surface area contributed by atoms with E-state index in [0.29, 0.717) is 16.5 Å². The van der Waals surface area contributed by atoms with E-state index in [1.807, 2.05) is 19.1 Å². The maximum Gasteiger partial charge on any atom is 0.412 e. The molecule has 0 radical (unpaired) electrons. The van der Waals surface area contributed by atoms with Gasteiger partial charge in [0, 0.05) is 6.92 Å². The summed E-state index contributed by atoms with van der Waals surface area (Å²) in [5, 5.41) is 5.63. The Bertz CT molecular complexity index is 558. The molecule has 0 spiro atoms. The number of anilines is 1. The van der Waals surface area contributed by atoms with Crippen LogP contribution in [-0.2, 0) is 16.0 Å². The van der Waals surface area contributed by atoms with E-state index in [1.54, 1.807) is 12.3 Å². The molecule has 0 aliphatic rings. The molecule has 2 amide bonds. The van der Waals surface area contributed by atoms with Gasteiger partial charge in [0.15, 0.2) is 5.17 Å². The van der Waals surface area contributed by atoms with Gasteiger partial charge in [-0.2, -0.15) is 0 Å². The highest BCUT2D eigenvalue weighted by Crippen LogP contribution is 2.27. The third-order valence-corrected chi connectivity index (χ3v) is 3.17. The van der Waals surface area contributed by atoms with Gasteiger partial charge in [-0.15, -0.1) is 0 Å². The Labute approximate surface area is 128 Å². The Morgan fingerprint density at radius 3 is 2.62 bits per heavy atom. The smallest absolute Gasteiger partial charge is 0.412 e. The molecule has 6 nitrogen and oxygen atoms in total. The van der Waals surface area contributed by atoms with Crippen LogP contribution in [0.3, 0.4) is 0 Å². The first-order chi connectivity index (χ1) is 9.99. The molecule has 0 saturated heterocycles. The van der Waals surface area contributed by atoms with Gasteiger partial charge in [-0.25, -0.2) is 9.79 Å². The molecule has 0 atom stereocenters. The van der Waals surface area contributed by atoms with Crippen molar-refractivity contribution in [3.63, 3.8) is 0 Å². The Morgan fingerprint density at radius 2 is 2.10 bits per heavy atom. The Balaban J connectivity index is 3.16. The summed E-state index contributed by atoms with van der Waals surface area (Å²) < 4.78 is 4.55. The molecular formula is C14H19N3O3S. The summed E-state index contributed by atoms with van der Waals surface area (Å²) in [7, 11) is 1.29. The van der Waals surface area contributed by atoms with Crippen LogP contribution in [0.5, 0.6) is 0 Å². The van der Waals surface area contributed by atoms with Crippen LogP contribution in [0.2, 0.25) is 0 Å². The first-order valence-corrected chi connectivity index (χ1v) is 7.60. The van der Waals surface area contributed by atoms with E-state index >= 15 is 0 Å². The maximum atomic E-state index is 11.3. The van der Waals surface area contributed by atoms with Crippen LogP contribution in [0.25, 0.3) is 0 Å². The maximum absolute atomic E-state index is 11.3. The van der Waals surface area contributed by atoms with Crippen LogP contribution in [0.4, 0.5) is 16.2 Å². The lowest BCUT2D eigenvalue weighted by Gasteiger charge is -2.10. The number of alkyl carbamates (subject to hydrolysis) is 1. The fraction of sp³-hybridized carbons (Fsp3) is 0.357. The van der Waals surface area contributed by atoms with Gasteiger partial charge in [0.25, 0.3) is 0 Å². The van der Waals surface area contributed by atoms with Crippen molar-refractivity contribution in [3.05, 3.63) is 23.8 Å². The highest BCUT2D eigenvalue weighted by Gasteiger charge is 2.08. The molecule has 2 N–H and O–H groups in total. The second-order valence-electron chi connectivity index (χ2n) is 4.12. The molecule has 1 aromatic carbocycles. The second-order valence-corrected chi connectivity index (χ2v) is 4.92. The normalized spacial score (nSPS) is 11.0. The fourth-order valence-electron chi connectivity index (χ4n) is 1.56. The average Bonchev–Trinajstić information content (AvgIpc) is 2.47. The summed E-state index contributed by atoms with van der Waals surface area (Å²) in [4.78, 5) is 26.9. The molecule has 0 saturated carbocycles. The zero-order valence-electron chi connectivity index (χ0n) is 12.5. The number of ether oxygens (including phenoxy) is 1. The van der Waals surface area contributed by atoms with Gasteiger partial charge >= 0.3 is 6.09 Å². The van der Waals surface area contributed by atoms with Crippen LogP contribution in [0, 0.1) is 0 Å². The molecule has 0 aliphatic carbocycles. The molecular weight excluding hydrogens is 290 g/mol. The lowest BCUT2D eigenvalue weighted by molar-refractivity contribution is -0.114. The van der Waals surface area contributed by atoms with Crippen molar-refractivity contribution in [2.24, 2.45) is 4.99 Å². The Hall–Kier alpha value is -2.02. The van der Waals surface area contributed by atoms with Crippen molar-refractivity contribution in [1.29, 1.82) is 0 Å². The molecule has 0 aliphatic heterocycles. The second kappa shape index (κ2) is 8.31. The van der Waals surface area contributed by atoms with Gasteiger partial charge < -0.3 is 10.1 Å². The SMILES string of the molecule is CCc1ccc(NC(C)=O)c(N=C(NC(=O)OC)SC)c1. The number of rotatable bonds is 3. The van der Waals surface area contributed by atoms with E-state index in [9.17, 15) is 9.59 Å². The standard InChI is InChI=1S/C14H19N3O3S/c1-5-10-6-7-11(15-9(2)18)12(8-10)16-13(21-4)17-14(19)20-3/h6-8H,5H2,1-4H3,(H,15,18)(H,16,17,19). The number of nitrogens with one attached hydrogen (secondary N) is 2. The third kappa shape index (κ3) is 5.47. The van der Waals surface area contributed by atoms with E-state index in [-0.39, 0.29) is 5.91 Å². The largest absolute Gasteiger partial charge is 0.453 e.